The van der Waals surface area contributed by atoms with Gasteiger partial charge in [0.25, 0.3) is 11.7 Å². The van der Waals surface area contributed by atoms with Crippen LogP contribution in [0.25, 0.3) is 0 Å². The lowest BCUT2D eigenvalue weighted by atomic mass is 10.0. The molecule has 1 heterocycles. The van der Waals surface area contributed by atoms with Crippen LogP contribution < -0.4 is 10.6 Å². The zero-order valence-electron chi connectivity index (χ0n) is 14.3. The average molecular weight is 408 g/mol. The Hall–Kier alpha value is -2.19. The van der Waals surface area contributed by atoms with Crippen molar-refractivity contribution in [3.63, 3.8) is 0 Å². The molecule has 142 valence electrons. The number of thiophene rings is 1. The van der Waals surface area contributed by atoms with E-state index < -0.39 is 11.7 Å². The fraction of sp³-hybridized carbons (Fsp3) is 0.263. The van der Waals surface area contributed by atoms with Crippen LogP contribution in [0.2, 0.25) is 0 Å². The normalized spacial score (nSPS) is 15.9. The Kier molecular flexibility index (Phi) is 6.63. The van der Waals surface area contributed by atoms with Crippen LogP contribution in [0, 0.1) is 5.92 Å². The third-order valence-electron chi connectivity index (χ3n) is 4.06. The second-order valence-electron chi connectivity index (χ2n) is 6.01. The largest absolute Gasteiger partial charge is 0.324 e. The Balaban J connectivity index is 1.68. The quantitative estimate of drug-likeness (QED) is 0.462. The average Bonchev–Trinajstić information content (AvgIpc) is 3.28. The van der Waals surface area contributed by atoms with E-state index >= 15 is 0 Å². The topological polar surface area (TPSA) is 58.2 Å². The lowest BCUT2D eigenvalue weighted by Crippen LogP contribution is -2.18. The van der Waals surface area contributed by atoms with Gasteiger partial charge in [-0.3, -0.25) is 9.59 Å². The van der Waals surface area contributed by atoms with Gasteiger partial charge < -0.3 is 10.6 Å². The first-order valence-corrected chi connectivity index (χ1v) is 10.2. The van der Waals surface area contributed by atoms with Gasteiger partial charge in [0.05, 0.1) is 11.4 Å². The summed E-state index contributed by atoms with van der Waals surface area (Å²) >= 11 is 1.44. The number of carbonyl (C=O) groups excluding carboxylic acids is 2. The molecular weight excluding hydrogens is 390 g/mol. The number of allylic oxidation sites excluding steroid dienone is 2. The molecule has 4 nitrogen and oxygen atoms in total. The van der Waals surface area contributed by atoms with E-state index in [1.54, 1.807) is 29.6 Å². The van der Waals surface area contributed by atoms with E-state index in [4.69, 9.17) is 0 Å². The Labute approximate surface area is 164 Å². The van der Waals surface area contributed by atoms with Crippen LogP contribution >= 0.6 is 23.1 Å². The predicted octanol–water partition coefficient (Wildman–Crippen LogP) is 5.61. The van der Waals surface area contributed by atoms with Gasteiger partial charge in [0.1, 0.15) is 4.88 Å². The number of anilines is 2. The first-order chi connectivity index (χ1) is 13.0. The Morgan fingerprint density at radius 3 is 2.59 bits per heavy atom. The lowest BCUT2D eigenvalue weighted by Gasteiger charge is -2.13. The SMILES string of the molecule is O=C(CC1C=CCC1)Nc1ccccc1NC(=O)c1sccc1SC(F)F. The van der Waals surface area contributed by atoms with Gasteiger partial charge in [0.15, 0.2) is 0 Å². The summed E-state index contributed by atoms with van der Waals surface area (Å²) in [6, 6.07) is 8.34. The Morgan fingerprint density at radius 2 is 1.93 bits per heavy atom. The molecule has 2 aromatic rings. The molecule has 2 N–H and O–H groups in total. The van der Waals surface area contributed by atoms with E-state index in [1.807, 2.05) is 6.08 Å². The number of carbonyl (C=O) groups is 2. The van der Waals surface area contributed by atoms with Gasteiger partial charge in [-0.15, -0.1) is 11.3 Å². The molecule has 27 heavy (non-hydrogen) atoms. The molecule has 0 saturated carbocycles. The zero-order valence-corrected chi connectivity index (χ0v) is 15.9. The van der Waals surface area contributed by atoms with E-state index in [-0.39, 0.29) is 21.6 Å². The first-order valence-electron chi connectivity index (χ1n) is 8.42. The molecule has 2 amide bonds. The molecule has 0 fully saturated rings. The van der Waals surface area contributed by atoms with Crippen LogP contribution in [0.5, 0.6) is 0 Å². The third kappa shape index (κ3) is 5.40. The predicted molar refractivity (Wildman–Crippen MR) is 106 cm³/mol. The van der Waals surface area contributed by atoms with Gasteiger partial charge in [-0.1, -0.05) is 36.0 Å². The summed E-state index contributed by atoms with van der Waals surface area (Å²) in [6.07, 6.45) is 6.46. The number of nitrogens with one attached hydrogen (secondary N) is 2. The summed E-state index contributed by atoms with van der Waals surface area (Å²) in [5.74, 6) is -2.96. The molecule has 0 saturated heterocycles. The van der Waals surface area contributed by atoms with Gasteiger partial charge in [0, 0.05) is 11.3 Å². The minimum Gasteiger partial charge on any atom is -0.324 e. The van der Waals surface area contributed by atoms with Crippen molar-refractivity contribution in [3.05, 3.63) is 52.7 Å². The minimum absolute atomic E-state index is 0.127. The number of amides is 2. The van der Waals surface area contributed by atoms with Gasteiger partial charge in [0.2, 0.25) is 5.91 Å². The summed E-state index contributed by atoms with van der Waals surface area (Å²) in [7, 11) is 0. The van der Waals surface area contributed by atoms with E-state index in [1.165, 1.54) is 6.07 Å². The highest BCUT2D eigenvalue weighted by Crippen LogP contribution is 2.33. The fourth-order valence-electron chi connectivity index (χ4n) is 2.84. The van der Waals surface area contributed by atoms with Gasteiger partial charge in [-0.25, -0.2) is 0 Å². The van der Waals surface area contributed by atoms with Crippen molar-refractivity contribution in [2.75, 3.05) is 10.6 Å². The molecule has 8 heteroatoms. The van der Waals surface area contributed by atoms with Crippen LogP contribution in [-0.2, 0) is 4.79 Å². The van der Waals surface area contributed by atoms with Crippen LogP contribution in [0.1, 0.15) is 28.9 Å². The Morgan fingerprint density at radius 1 is 1.19 bits per heavy atom. The molecule has 0 bridgehead atoms. The minimum atomic E-state index is -2.60. The van der Waals surface area contributed by atoms with Crippen molar-refractivity contribution in [2.24, 2.45) is 5.92 Å². The number of halogens is 2. The van der Waals surface area contributed by atoms with E-state index in [9.17, 15) is 18.4 Å². The van der Waals surface area contributed by atoms with Crippen molar-refractivity contribution >= 4 is 46.3 Å². The molecular formula is C19H18F2N2O2S2. The second kappa shape index (κ2) is 9.14. The molecule has 1 aromatic carbocycles. The number of rotatable bonds is 7. The number of para-hydroxylation sites is 2. The van der Waals surface area contributed by atoms with E-state index in [2.05, 4.69) is 16.7 Å². The fourth-order valence-corrected chi connectivity index (χ4v) is 4.43. The van der Waals surface area contributed by atoms with Crippen molar-refractivity contribution in [2.45, 2.75) is 29.9 Å². The molecule has 3 rings (SSSR count). The summed E-state index contributed by atoms with van der Waals surface area (Å²) in [6.45, 7) is 0. The molecule has 1 aliphatic carbocycles. The van der Waals surface area contributed by atoms with E-state index in [0.717, 1.165) is 24.2 Å². The number of alkyl halides is 2. The van der Waals surface area contributed by atoms with Gasteiger partial charge in [-0.2, -0.15) is 8.78 Å². The van der Waals surface area contributed by atoms with Crippen molar-refractivity contribution < 1.29 is 18.4 Å². The number of hydrogen-bond acceptors (Lipinski definition) is 4. The second-order valence-corrected chi connectivity index (χ2v) is 7.96. The number of benzene rings is 1. The van der Waals surface area contributed by atoms with Crippen LogP contribution in [-0.4, -0.2) is 17.6 Å². The monoisotopic (exact) mass is 408 g/mol. The highest BCUT2D eigenvalue weighted by Gasteiger charge is 2.19. The summed E-state index contributed by atoms with van der Waals surface area (Å²) in [4.78, 5) is 25.2. The highest BCUT2D eigenvalue weighted by molar-refractivity contribution is 7.99. The lowest BCUT2D eigenvalue weighted by molar-refractivity contribution is -0.116. The molecule has 0 radical (unpaired) electrons. The maximum Gasteiger partial charge on any atom is 0.288 e. The summed E-state index contributed by atoms with van der Waals surface area (Å²) in [5, 5.41) is 7.14. The molecule has 1 unspecified atom stereocenters. The van der Waals surface area contributed by atoms with Crippen molar-refractivity contribution in [1.29, 1.82) is 0 Å². The van der Waals surface area contributed by atoms with Gasteiger partial charge in [-0.05, 0) is 42.3 Å². The van der Waals surface area contributed by atoms with Crippen molar-refractivity contribution in [3.8, 4) is 0 Å². The molecule has 0 aliphatic heterocycles. The first kappa shape index (κ1) is 19.6. The smallest absolute Gasteiger partial charge is 0.288 e. The molecule has 0 spiro atoms. The highest BCUT2D eigenvalue weighted by atomic mass is 32.2. The summed E-state index contributed by atoms with van der Waals surface area (Å²) < 4.78 is 25.3. The van der Waals surface area contributed by atoms with Crippen LogP contribution in [0.15, 0.2) is 52.8 Å². The van der Waals surface area contributed by atoms with Crippen LogP contribution in [0.4, 0.5) is 20.2 Å². The van der Waals surface area contributed by atoms with Crippen LogP contribution in [0.3, 0.4) is 0 Å². The standard InChI is InChI=1S/C19H18F2N2O2S2/c20-19(21)27-15-9-10-26-17(15)18(25)23-14-8-4-3-7-13(14)22-16(24)11-12-5-1-2-6-12/h1,3-5,7-10,12,19H,2,6,11H2,(H,22,24)(H,23,25). The molecule has 1 aliphatic rings. The Bertz CT molecular complexity index is 852. The summed E-state index contributed by atoms with van der Waals surface area (Å²) in [5.41, 5.74) is 0.914. The number of thioether (sulfide) groups is 1. The maximum absolute atomic E-state index is 12.6. The van der Waals surface area contributed by atoms with E-state index in [0.29, 0.717) is 29.6 Å². The zero-order chi connectivity index (χ0) is 19.2. The maximum atomic E-state index is 12.6. The van der Waals surface area contributed by atoms with Crippen molar-refractivity contribution in [1.82, 2.24) is 0 Å². The third-order valence-corrected chi connectivity index (χ3v) is 5.88. The molecule has 1 atom stereocenters. The van der Waals surface area contributed by atoms with Gasteiger partial charge >= 0.3 is 0 Å². The number of hydrogen-bond donors (Lipinski definition) is 2. The molecule has 1 aromatic heterocycles.